The van der Waals surface area contributed by atoms with Gasteiger partial charge in [0.1, 0.15) is 0 Å². The van der Waals surface area contributed by atoms with Gasteiger partial charge in [-0.1, -0.05) is 17.7 Å². The molecule has 0 aliphatic heterocycles. The van der Waals surface area contributed by atoms with Gasteiger partial charge < -0.3 is 15.4 Å². The topological polar surface area (TPSA) is 84.5 Å². The van der Waals surface area contributed by atoms with Crippen LogP contribution in [-0.4, -0.2) is 30.9 Å². The normalized spacial score (nSPS) is 10.1. The highest BCUT2D eigenvalue weighted by molar-refractivity contribution is 7.09. The summed E-state index contributed by atoms with van der Waals surface area (Å²) in [6.45, 7) is 0.192. The number of hydrogen-bond donors (Lipinski definition) is 2. The lowest BCUT2D eigenvalue weighted by molar-refractivity contribution is -0.148. The fourth-order valence-electron chi connectivity index (χ4n) is 1.85. The van der Waals surface area contributed by atoms with Crippen LogP contribution in [0.4, 0.5) is 0 Å². The van der Waals surface area contributed by atoms with Crippen molar-refractivity contribution in [2.45, 2.75) is 13.0 Å². The van der Waals surface area contributed by atoms with Crippen molar-refractivity contribution in [3.63, 3.8) is 0 Å². The predicted octanol–water partition coefficient (Wildman–Crippen LogP) is 2.38. The van der Waals surface area contributed by atoms with Gasteiger partial charge in [-0.3, -0.25) is 14.4 Å². The Bertz CT molecular complexity index is 717. The first-order chi connectivity index (χ1) is 12.0. The number of thiophene rings is 1. The third kappa shape index (κ3) is 6.94. The molecule has 0 fully saturated rings. The predicted molar refractivity (Wildman–Crippen MR) is 95.5 cm³/mol. The standard InChI is InChI=1S/C17H17ClN2O4S/c18-13-5-3-12(4-6-13)17(23)19-8-7-16(22)24-11-15(21)20-10-14-2-1-9-25-14/h1-6,9H,7-8,10-11H2,(H,19,23)(H,20,21). The Hall–Kier alpha value is -2.38. The summed E-state index contributed by atoms with van der Waals surface area (Å²) >= 11 is 7.28. The summed E-state index contributed by atoms with van der Waals surface area (Å²) in [6, 6.07) is 10.2. The van der Waals surface area contributed by atoms with Gasteiger partial charge >= 0.3 is 5.97 Å². The molecule has 132 valence electrons. The second-order valence-electron chi connectivity index (χ2n) is 5.03. The fraction of sp³-hybridized carbons (Fsp3) is 0.235. The Morgan fingerprint density at radius 3 is 2.52 bits per heavy atom. The van der Waals surface area contributed by atoms with E-state index in [0.717, 1.165) is 4.88 Å². The van der Waals surface area contributed by atoms with Gasteiger partial charge in [-0.15, -0.1) is 11.3 Å². The first-order valence-electron chi connectivity index (χ1n) is 7.53. The van der Waals surface area contributed by atoms with Crippen LogP contribution in [0.1, 0.15) is 21.7 Å². The summed E-state index contributed by atoms with van der Waals surface area (Å²) in [7, 11) is 0. The maximum Gasteiger partial charge on any atom is 0.308 e. The number of benzene rings is 1. The number of carbonyl (C=O) groups is 3. The molecule has 2 N–H and O–H groups in total. The third-order valence-corrected chi connectivity index (χ3v) is 4.25. The minimum absolute atomic E-state index is 0.0163. The molecule has 0 radical (unpaired) electrons. The Labute approximate surface area is 154 Å². The second kappa shape index (κ2) is 9.80. The van der Waals surface area contributed by atoms with Crippen LogP contribution >= 0.6 is 22.9 Å². The van der Waals surface area contributed by atoms with Crippen LogP contribution in [-0.2, 0) is 20.9 Å². The molecule has 0 aliphatic carbocycles. The van der Waals surface area contributed by atoms with Crippen LogP contribution in [0.5, 0.6) is 0 Å². The van der Waals surface area contributed by atoms with Gasteiger partial charge in [0.05, 0.1) is 13.0 Å². The van der Waals surface area contributed by atoms with Crippen molar-refractivity contribution >= 4 is 40.7 Å². The maximum atomic E-state index is 11.8. The highest BCUT2D eigenvalue weighted by Crippen LogP contribution is 2.09. The first-order valence-corrected chi connectivity index (χ1v) is 8.79. The molecule has 0 aliphatic rings. The molecular weight excluding hydrogens is 364 g/mol. The average Bonchev–Trinajstić information content (AvgIpc) is 3.12. The molecule has 0 atom stereocenters. The number of hydrogen-bond acceptors (Lipinski definition) is 5. The molecule has 0 unspecified atom stereocenters. The first kappa shape index (κ1) is 19.0. The molecule has 2 aromatic rings. The molecule has 2 rings (SSSR count). The van der Waals surface area contributed by atoms with Crippen molar-refractivity contribution in [2.24, 2.45) is 0 Å². The lowest BCUT2D eigenvalue weighted by atomic mass is 10.2. The van der Waals surface area contributed by atoms with Crippen LogP contribution in [0.15, 0.2) is 41.8 Å². The Kier molecular flexibility index (Phi) is 7.43. The molecule has 0 spiro atoms. The lowest BCUT2D eigenvalue weighted by Gasteiger charge is -2.07. The van der Waals surface area contributed by atoms with Crippen LogP contribution in [0, 0.1) is 0 Å². The summed E-state index contributed by atoms with van der Waals surface area (Å²) in [4.78, 5) is 36.0. The fourth-order valence-corrected chi connectivity index (χ4v) is 2.62. The summed E-state index contributed by atoms with van der Waals surface area (Å²) in [6.07, 6.45) is -0.0163. The van der Waals surface area contributed by atoms with E-state index in [1.807, 2.05) is 17.5 Å². The molecule has 0 bridgehead atoms. The molecule has 1 aromatic heterocycles. The Morgan fingerprint density at radius 2 is 1.84 bits per heavy atom. The number of ether oxygens (including phenoxy) is 1. The highest BCUT2D eigenvalue weighted by Gasteiger charge is 2.09. The number of nitrogens with one attached hydrogen (secondary N) is 2. The number of halogens is 1. The van der Waals surface area contributed by atoms with Crippen molar-refractivity contribution in [3.05, 3.63) is 57.2 Å². The van der Waals surface area contributed by atoms with E-state index in [0.29, 0.717) is 17.1 Å². The van der Waals surface area contributed by atoms with Crippen LogP contribution < -0.4 is 10.6 Å². The van der Waals surface area contributed by atoms with Crippen LogP contribution in [0.2, 0.25) is 5.02 Å². The highest BCUT2D eigenvalue weighted by atomic mass is 35.5. The monoisotopic (exact) mass is 380 g/mol. The van der Waals surface area contributed by atoms with E-state index >= 15 is 0 Å². The number of rotatable bonds is 8. The van der Waals surface area contributed by atoms with Crippen LogP contribution in [0.3, 0.4) is 0 Å². The third-order valence-electron chi connectivity index (χ3n) is 3.13. The Balaban J connectivity index is 1.59. The van der Waals surface area contributed by atoms with E-state index in [-0.39, 0.29) is 31.4 Å². The molecule has 2 amide bonds. The molecule has 0 saturated heterocycles. The number of carbonyl (C=O) groups excluding carboxylic acids is 3. The summed E-state index contributed by atoms with van der Waals surface area (Å²) < 4.78 is 4.86. The van der Waals surface area contributed by atoms with Gasteiger partial charge in [0, 0.05) is 22.0 Å². The number of amides is 2. The van der Waals surface area contributed by atoms with Gasteiger partial charge in [-0.05, 0) is 35.7 Å². The van der Waals surface area contributed by atoms with E-state index in [4.69, 9.17) is 16.3 Å². The molecule has 1 heterocycles. The van der Waals surface area contributed by atoms with E-state index < -0.39 is 5.97 Å². The Morgan fingerprint density at radius 1 is 1.08 bits per heavy atom. The van der Waals surface area contributed by atoms with Crippen molar-refractivity contribution in [1.82, 2.24) is 10.6 Å². The smallest absolute Gasteiger partial charge is 0.308 e. The van der Waals surface area contributed by atoms with E-state index in [9.17, 15) is 14.4 Å². The zero-order valence-electron chi connectivity index (χ0n) is 13.3. The summed E-state index contributed by atoms with van der Waals surface area (Å²) in [5.41, 5.74) is 0.450. The zero-order chi connectivity index (χ0) is 18.1. The van der Waals surface area contributed by atoms with Gasteiger partial charge in [0.2, 0.25) is 0 Å². The largest absolute Gasteiger partial charge is 0.456 e. The molecule has 1 aromatic carbocycles. The molecule has 0 saturated carbocycles. The maximum absolute atomic E-state index is 11.8. The minimum Gasteiger partial charge on any atom is -0.456 e. The minimum atomic E-state index is -0.553. The van der Waals surface area contributed by atoms with Gasteiger partial charge in [-0.2, -0.15) is 0 Å². The van der Waals surface area contributed by atoms with Gasteiger partial charge in [0.15, 0.2) is 6.61 Å². The zero-order valence-corrected chi connectivity index (χ0v) is 14.9. The van der Waals surface area contributed by atoms with Gasteiger partial charge in [0.25, 0.3) is 11.8 Å². The summed E-state index contributed by atoms with van der Waals surface area (Å²) in [5, 5.41) is 7.71. The SMILES string of the molecule is O=C(COC(=O)CCNC(=O)c1ccc(Cl)cc1)NCc1cccs1. The van der Waals surface area contributed by atoms with Crippen molar-refractivity contribution < 1.29 is 19.1 Å². The van der Waals surface area contributed by atoms with Crippen molar-refractivity contribution in [3.8, 4) is 0 Å². The quantitative estimate of drug-likeness (QED) is 0.688. The average molecular weight is 381 g/mol. The van der Waals surface area contributed by atoms with Crippen LogP contribution in [0.25, 0.3) is 0 Å². The molecule has 25 heavy (non-hydrogen) atoms. The summed E-state index contributed by atoms with van der Waals surface area (Å²) in [5.74, 6) is -1.23. The second-order valence-corrected chi connectivity index (χ2v) is 6.50. The molecule has 8 heteroatoms. The van der Waals surface area contributed by atoms with E-state index in [1.165, 1.54) is 11.3 Å². The molecule has 6 nitrogen and oxygen atoms in total. The lowest BCUT2D eigenvalue weighted by Crippen LogP contribution is -2.30. The van der Waals surface area contributed by atoms with Gasteiger partial charge in [-0.25, -0.2) is 0 Å². The van der Waals surface area contributed by atoms with Crippen molar-refractivity contribution in [2.75, 3.05) is 13.2 Å². The molecular formula is C17H17ClN2O4S. The van der Waals surface area contributed by atoms with E-state index in [1.54, 1.807) is 24.3 Å². The van der Waals surface area contributed by atoms with E-state index in [2.05, 4.69) is 10.6 Å². The van der Waals surface area contributed by atoms with Crippen molar-refractivity contribution in [1.29, 1.82) is 0 Å². The number of esters is 1.